The zero-order valence-electron chi connectivity index (χ0n) is 8.29. The summed E-state index contributed by atoms with van der Waals surface area (Å²) in [5, 5.41) is 2.50. The molecule has 2 aliphatic carbocycles. The first kappa shape index (κ1) is 10.0. The van der Waals surface area contributed by atoms with Crippen molar-refractivity contribution < 1.29 is 4.79 Å². The highest BCUT2D eigenvalue weighted by Gasteiger charge is 2.46. The number of hydrogen-bond acceptors (Lipinski definition) is 3. The van der Waals surface area contributed by atoms with Crippen molar-refractivity contribution in [1.29, 1.82) is 0 Å². The van der Waals surface area contributed by atoms with Crippen molar-refractivity contribution in [2.45, 2.75) is 50.5 Å². The van der Waals surface area contributed by atoms with Gasteiger partial charge in [0.2, 0.25) is 0 Å². The second kappa shape index (κ2) is 3.92. The number of carbonyl (C=O) groups is 1. The molecular weight excluding hydrogens is 194 g/mol. The fraction of sp³-hybridized carbons (Fsp3) is 0.818. The van der Waals surface area contributed by atoms with Crippen LogP contribution in [0.5, 0.6) is 0 Å². The van der Waals surface area contributed by atoms with E-state index in [1.165, 1.54) is 12.8 Å². The van der Waals surface area contributed by atoms with Crippen molar-refractivity contribution in [2.75, 3.05) is 0 Å². The number of carbonyl (C=O) groups excluding carboxylic acids is 1. The quantitative estimate of drug-likeness (QED) is 0.517. The molecular formula is C11H15NOS. The van der Waals surface area contributed by atoms with Gasteiger partial charge in [0.25, 0.3) is 0 Å². The van der Waals surface area contributed by atoms with Crippen molar-refractivity contribution in [1.82, 2.24) is 0 Å². The Morgan fingerprint density at radius 1 is 1.36 bits per heavy atom. The van der Waals surface area contributed by atoms with Gasteiger partial charge in [-0.2, -0.15) is 0 Å². The molecule has 14 heavy (non-hydrogen) atoms. The summed E-state index contributed by atoms with van der Waals surface area (Å²) in [6, 6.07) is 0. The molecule has 0 radical (unpaired) electrons. The normalized spacial score (nSPS) is 30.3. The van der Waals surface area contributed by atoms with Crippen LogP contribution in [0.15, 0.2) is 4.99 Å². The van der Waals surface area contributed by atoms with E-state index in [0.29, 0.717) is 5.78 Å². The van der Waals surface area contributed by atoms with Crippen LogP contribution in [0.25, 0.3) is 0 Å². The number of nitrogens with zero attached hydrogens (tertiary/aromatic N) is 1. The molecule has 0 heterocycles. The first-order valence-electron chi connectivity index (χ1n) is 5.40. The van der Waals surface area contributed by atoms with Crippen molar-refractivity contribution in [3.63, 3.8) is 0 Å². The average Bonchev–Trinajstić information content (AvgIpc) is 2.75. The fourth-order valence-electron chi connectivity index (χ4n) is 3.00. The third-order valence-electron chi connectivity index (χ3n) is 3.69. The van der Waals surface area contributed by atoms with Gasteiger partial charge < -0.3 is 0 Å². The summed E-state index contributed by atoms with van der Waals surface area (Å²) in [6.07, 6.45) is 7.24. The second-order valence-electron chi connectivity index (χ2n) is 4.42. The minimum Gasteiger partial charge on any atom is -0.299 e. The molecule has 2 fully saturated rings. The largest absolute Gasteiger partial charge is 0.299 e. The summed E-state index contributed by atoms with van der Waals surface area (Å²) >= 11 is 4.71. The van der Waals surface area contributed by atoms with Crippen LogP contribution in [0.1, 0.15) is 44.9 Å². The molecule has 2 rings (SSSR count). The van der Waals surface area contributed by atoms with Gasteiger partial charge in [-0.25, -0.2) is 4.99 Å². The van der Waals surface area contributed by atoms with Crippen molar-refractivity contribution in [2.24, 2.45) is 10.9 Å². The van der Waals surface area contributed by atoms with Crippen LogP contribution >= 0.6 is 12.2 Å². The Kier molecular flexibility index (Phi) is 2.80. The van der Waals surface area contributed by atoms with Gasteiger partial charge in [-0.05, 0) is 37.9 Å². The first-order chi connectivity index (χ1) is 6.78. The Morgan fingerprint density at radius 3 is 2.57 bits per heavy atom. The summed E-state index contributed by atoms with van der Waals surface area (Å²) in [6.45, 7) is 0. The zero-order chi connectivity index (χ0) is 10.0. The molecule has 1 atom stereocenters. The van der Waals surface area contributed by atoms with E-state index in [0.717, 1.165) is 32.1 Å². The maximum absolute atomic E-state index is 11.7. The Balaban J connectivity index is 2.25. The highest BCUT2D eigenvalue weighted by Crippen LogP contribution is 2.44. The summed E-state index contributed by atoms with van der Waals surface area (Å²) < 4.78 is 0. The molecule has 0 aliphatic heterocycles. The lowest BCUT2D eigenvalue weighted by atomic mass is 9.81. The molecule has 2 saturated carbocycles. The van der Waals surface area contributed by atoms with Crippen LogP contribution in [0, 0.1) is 5.92 Å². The van der Waals surface area contributed by atoms with Gasteiger partial charge in [0.15, 0.2) is 0 Å². The van der Waals surface area contributed by atoms with Crippen LogP contribution in [-0.2, 0) is 4.79 Å². The van der Waals surface area contributed by atoms with Crippen LogP contribution in [0.3, 0.4) is 0 Å². The second-order valence-corrected chi connectivity index (χ2v) is 4.61. The number of aliphatic imine (C=N–C) groups is 1. The summed E-state index contributed by atoms with van der Waals surface area (Å²) in [5.41, 5.74) is -0.144. The molecule has 0 saturated heterocycles. The number of isothiocyanates is 1. The molecule has 0 aromatic heterocycles. The SMILES string of the molecule is O=C1CCCC1C1(N=C=S)CCCC1. The molecule has 2 aliphatic rings. The Hall–Kier alpha value is -0.530. The van der Waals surface area contributed by atoms with Crippen LogP contribution in [0.2, 0.25) is 0 Å². The van der Waals surface area contributed by atoms with Gasteiger partial charge >= 0.3 is 0 Å². The van der Waals surface area contributed by atoms with Crippen LogP contribution in [-0.4, -0.2) is 16.5 Å². The molecule has 0 amide bonds. The average molecular weight is 209 g/mol. The minimum absolute atomic E-state index is 0.144. The maximum Gasteiger partial charge on any atom is 0.138 e. The third-order valence-corrected chi connectivity index (χ3v) is 3.78. The van der Waals surface area contributed by atoms with Gasteiger partial charge in [0, 0.05) is 12.3 Å². The number of hydrogen-bond donors (Lipinski definition) is 0. The van der Waals surface area contributed by atoms with Crippen LogP contribution < -0.4 is 0 Å². The molecule has 0 aromatic rings. The Morgan fingerprint density at radius 2 is 2.07 bits per heavy atom. The monoisotopic (exact) mass is 209 g/mol. The van der Waals surface area contributed by atoms with Crippen molar-refractivity contribution >= 4 is 23.2 Å². The molecule has 2 nitrogen and oxygen atoms in total. The Labute approximate surface area is 89.8 Å². The number of rotatable bonds is 2. The van der Waals surface area contributed by atoms with Crippen molar-refractivity contribution in [3.8, 4) is 0 Å². The molecule has 3 heteroatoms. The maximum atomic E-state index is 11.7. The van der Waals surface area contributed by atoms with Gasteiger partial charge in [0.05, 0.1) is 10.7 Å². The summed E-state index contributed by atoms with van der Waals surface area (Å²) in [7, 11) is 0. The van der Waals surface area contributed by atoms with Gasteiger partial charge in [-0.3, -0.25) is 4.79 Å². The molecule has 1 unspecified atom stereocenters. The van der Waals surface area contributed by atoms with Crippen molar-refractivity contribution in [3.05, 3.63) is 0 Å². The molecule has 76 valence electrons. The topological polar surface area (TPSA) is 29.4 Å². The predicted octanol–water partition coefficient (Wildman–Crippen LogP) is 2.77. The first-order valence-corrected chi connectivity index (χ1v) is 5.81. The van der Waals surface area contributed by atoms with E-state index in [1.54, 1.807) is 0 Å². The molecule has 0 aromatic carbocycles. The highest BCUT2D eigenvalue weighted by molar-refractivity contribution is 7.78. The van der Waals surface area contributed by atoms with E-state index < -0.39 is 0 Å². The summed E-state index contributed by atoms with van der Waals surface area (Å²) in [5.74, 6) is 0.557. The predicted molar refractivity (Wildman–Crippen MR) is 58.6 cm³/mol. The van der Waals surface area contributed by atoms with Crippen LogP contribution in [0.4, 0.5) is 0 Å². The van der Waals surface area contributed by atoms with E-state index in [4.69, 9.17) is 12.2 Å². The van der Waals surface area contributed by atoms with E-state index >= 15 is 0 Å². The van der Waals surface area contributed by atoms with Gasteiger partial charge in [-0.1, -0.05) is 12.8 Å². The van der Waals surface area contributed by atoms with E-state index in [9.17, 15) is 4.79 Å². The fourth-order valence-corrected chi connectivity index (χ4v) is 3.18. The lowest BCUT2D eigenvalue weighted by Crippen LogP contribution is -2.35. The lowest BCUT2D eigenvalue weighted by molar-refractivity contribution is -0.122. The number of Topliss-reactive ketones (excluding diaryl/α,β-unsaturated/α-hetero) is 1. The zero-order valence-corrected chi connectivity index (χ0v) is 9.11. The standard InChI is InChI=1S/C11H15NOS/c13-10-5-3-4-9(10)11(12-8-14)6-1-2-7-11/h9H,1-7H2. The third kappa shape index (κ3) is 1.55. The minimum atomic E-state index is -0.144. The van der Waals surface area contributed by atoms with E-state index in [-0.39, 0.29) is 11.5 Å². The van der Waals surface area contributed by atoms with Gasteiger partial charge in [0.1, 0.15) is 5.78 Å². The summed E-state index contributed by atoms with van der Waals surface area (Å²) in [4.78, 5) is 16.1. The lowest BCUT2D eigenvalue weighted by Gasteiger charge is -2.28. The molecule has 0 N–H and O–H groups in total. The molecule has 0 bridgehead atoms. The highest BCUT2D eigenvalue weighted by atomic mass is 32.1. The molecule has 0 spiro atoms. The van der Waals surface area contributed by atoms with E-state index in [1.807, 2.05) is 0 Å². The number of thiocarbonyl (C=S) groups is 1. The van der Waals surface area contributed by atoms with Gasteiger partial charge in [-0.15, -0.1) is 0 Å². The number of ketones is 1. The smallest absolute Gasteiger partial charge is 0.138 e. The Bertz CT molecular complexity index is 288. The van der Waals surface area contributed by atoms with E-state index in [2.05, 4.69) is 10.2 Å².